The fourth-order valence-corrected chi connectivity index (χ4v) is 3.09. The van der Waals surface area contributed by atoms with Crippen LogP contribution in [0.4, 0.5) is 5.69 Å². The van der Waals surface area contributed by atoms with Gasteiger partial charge in [0.25, 0.3) is 0 Å². The first kappa shape index (κ1) is 18.2. The molecule has 0 atom stereocenters. The van der Waals surface area contributed by atoms with Gasteiger partial charge in [-0.3, -0.25) is 0 Å². The molecule has 0 bridgehead atoms. The second kappa shape index (κ2) is 6.63. The molecule has 1 aromatic rings. The zero-order valence-corrected chi connectivity index (χ0v) is 15.7. The lowest BCUT2D eigenvalue weighted by atomic mass is 9.78. The number of hydrogen-bond donors (Lipinski definition) is 1. The summed E-state index contributed by atoms with van der Waals surface area (Å²) >= 11 is 0. The van der Waals surface area contributed by atoms with Crippen molar-refractivity contribution < 1.29 is 18.8 Å². The highest BCUT2D eigenvalue weighted by molar-refractivity contribution is 6.62. The Kier molecular flexibility index (Phi) is 4.83. The van der Waals surface area contributed by atoms with Crippen LogP contribution >= 0.6 is 0 Å². The van der Waals surface area contributed by atoms with Crippen molar-refractivity contribution in [1.82, 2.24) is 5.32 Å². The standard InChI is InChI=1S/C18H27BN2O4/c1-17(2)18(3,4)25-19(24-17)14-10-13(16(22)23-5)11-15(12-14)21-8-6-20-7-9-21/h10-12,20H,6-9H2,1-5H3. The van der Waals surface area contributed by atoms with Crippen LogP contribution in [-0.2, 0) is 14.0 Å². The number of ether oxygens (including phenoxy) is 1. The second-order valence-electron chi connectivity index (χ2n) is 7.63. The van der Waals surface area contributed by atoms with Crippen LogP contribution < -0.4 is 15.7 Å². The highest BCUT2D eigenvalue weighted by atomic mass is 16.7. The molecule has 1 aromatic carbocycles. The summed E-state index contributed by atoms with van der Waals surface area (Å²) in [7, 11) is 0.894. The van der Waals surface area contributed by atoms with E-state index in [1.807, 2.05) is 33.8 Å². The topological polar surface area (TPSA) is 60.0 Å². The number of piperazine rings is 1. The predicted octanol–water partition coefficient (Wildman–Crippen LogP) is 1.18. The quantitative estimate of drug-likeness (QED) is 0.655. The Morgan fingerprint density at radius 1 is 1.12 bits per heavy atom. The highest BCUT2D eigenvalue weighted by Crippen LogP contribution is 2.36. The van der Waals surface area contributed by atoms with Crippen LogP contribution in [0.15, 0.2) is 18.2 Å². The van der Waals surface area contributed by atoms with E-state index >= 15 is 0 Å². The molecule has 7 heteroatoms. The normalized spacial score (nSPS) is 22.1. The first-order valence-electron chi connectivity index (χ1n) is 8.78. The molecule has 0 unspecified atom stereocenters. The lowest BCUT2D eigenvalue weighted by molar-refractivity contribution is 0.00578. The van der Waals surface area contributed by atoms with Gasteiger partial charge in [-0.05, 0) is 51.4 Å². The summed E-state index contributed by atoms with van der Waals surface area (Å²) < 4.78 is 17.2. The maximum atomic E-state index is 12.1. The van der Waals surface area contributed by atoms with Crippen LogP contribution in [0.1, 0.15) is 38.1 Å². The number of benzene rings is 1. The molecule has 0 aromatic heterocycles. The number of hydrogen-bond acceptors (Lipinski definition) is 6. The summed E-state index contributed by atoms with van der Waals surface area (Å²) in [6.07, 6.45) is 0. The number of rotatable bonds is 3. The van der Waals surface area contributed by atoms with E-state index in [9.17, 15) is 4.79 Å². The zero-order valence-electron chi connectivity index (χ0n) is 15.7. The smallest absolute Gasteiger partial charge is 0.465 e. The number of anilines is 1. The first-order valence-corrected chi connectivity index (χ1v) is 8.78. The number of carbonyl (C=O) groups is 1. The van der Waals surface area contributed by atoms with Gasteiger partial charge in [0.05, 0.1) is 23.9 Å². The Morgan fingerprint density at radius 2 is 1.72 bits per heavy atom. The van der Waals surface area contributed by atoms with Crippen molar-refractivity contribution in [3.05, 3.63) is 23.8 Å². The van der Waals surface area contributed by atoms with Gasteiger partial charge in [0.2, 0.25) is 0 Å². The molecule has 0 saturated carbocycles. The first-order chi connectivity index (χ1) is 11.7. The summed E-state index contributed by atoms with van der Waals surface area (Å²) in [5.74, 6) is -0.352. The van der Waals surface area contributed by atoms with Crippen LogP contribution in [-0.4, -0.2) is 57.6 Å². The maximum absolute atomic E-state index is 12.1. The van der Waals surface area contributed by atoms with Gasteiger partial charge < -0.3 is 24.3 Å². The fourth-order valence-electron chi connectivity index (χ4n) is 3.09. The molecule has 2 heterocycles. The minimum Gasteiger partial charge on any atom is -0.465 e. The Bertz CT molecular complexity index is 640. The van der Waals surface area contributed by atoms with Crippen molar-refractivity contribution in [3.8, 4) is 0 Å². The maximum Gasteiger partial charge on any atom is 0.494 e. The molecule has 2 saturated heterocycles. The summed E-state index contributed by atoms with van der Waals surface area (Å²) in [5, 5.41) is 3.34. The zero-order chi connectivity index (χ0) is 18.2. The van der Waals surface area contributed by atoms with Crippen LogP contribution in [0.2, 0.25) is 0 Å². The van der Waals surface area contributed by atoms with Crippen LogP contribution in [0, 0.1) is 0 Å². The van der Waals surface area contributed by atoms with Crippen molar-refractivity contribution in [2.75, 3.05) is 38.2 Å². The third-order valence-electron chi connectivity index (χ3n) is 5.37. The van der Waals surface area contributed by atoms with Crippen LogP contribution in [0.5, 0.6) is 0 Å². The SMILES string of the molecule is COC(=O)c1cc(B2OC(C)(C)C(C)(C)O2)cc(N2CCNCC2)c1. The van der Waals surface area contributed by atoms with E-state index in [2.05, 4.69) is 16.3 Å². The minimum atomic E-state index is -0.503. The van der Waals surface area contributed by atoms with E-state index < -0.39 is 18.3 Å². The molecule has 0 amide bonds. The molecule has 136 valence electrons. The molecule has 1 N–H and O–H groups in total. The molecular formula is C18H27BN2O4. The molecule has 2 aliphatic heterocycles. The van der Waals surface area contributed by atoms with E-state index in [1.165, 1.54) is 7.11 Å². The summed E-state index contributed by atoms with van der Waals surface area (Å²) in [5.41, 5.74) is 1.51. The largest absolute Gasteiger partial charge is 0.494 e. The lowest BCUT2D eigenvalue weighted by Crippen LogP contribution is -2.44. The number of nitrogens with one attached hydrogen (secondary N) is 1. The summed E-state index contributed by atoms with van der Waals surface area (Å²) in [6.45, 7) is 11.7. The van der Waals surface area contributed by atoms with Crippen molar-refractivity contribution in [3.63, 3.8) is 0 Å². The van der Waals surface area contributed by atoms with Gasteiger partial charge >= 0.3 is 13.1 Å². The van der Waals surface area contributed by atoms with E-state index in [1.54, 1.807) is 6.07 Å². The van der Waals surface area contributed by atoms with E-state index in [4.69, 9.17) is 14.0 Å². The van der Waals surface area contributed by atoms with Crippen molar-refractivity contribution >= 4 is 24.2 Å². The Hall–Kier alpha value is -1.57. The molecule has 6 nitrogen and oxygen atoms in total. The van der Waals surface area contributed by atoms with Gasteiger partial charge in [0.1, 0.15) is 0 Å². The Labute approximate surface area is 150 Å². The molecule has 25 heavy (non-hydrogen) atoms. The van der Waals surface area contributed by atoms with Crippen molar-refractivity contribution in [1.29, 1.82) is 0 Å². The summed E-state index contributed by atoms with van der Waals surface area (Å²) in [4.78, 5) is 14.4. The van der Waals surface area contributed by atoms with E-state index in [0.717, 1.165) is 37.3 Å². The van der Waals surface area contributed by atoms with Crippen molar-refractivity contribution in [2.24, 2.45) is 0 Å². The predicted molar refractivity (Wildman–Crippen MR) is 98.6 cm³/mol. The van der Waals surface area contributed by atoms with Crippen LogP contribution in [0.3, 0.4) is 0 Å². The molecule has 2 aliphatic rings. The van der Waals surface area contributed by atoms with Gasteiger partial charge in [0, 0.05) is 31.9 Å². The van der Waals surface area contributed by atoms with Gasteiger partial charge in [-0.25, -0.2) is 4.79 Å². The Morgan fingerprint density at radius 3 is 2.28 bits per heavy atom. The third kappa shape index (κ3) is 3.54. The third-order valence-corrected chi connectivity index (χ3v) is 5.37. The van der Waals surface area contributed by atoms with Gasteiger partial charge in [-0.1, -0.05) is 0 Å². The summed E-state index contributed by atoms with van der Waals surface area (Å²) in [6, 6.07) is 5.74. The fraction of sp³-hybridized carbons (Fsp3) is 0.611. The van der Waals surface area contributed by atoms with Gasteiger partial charge in [0.15, 0.2) is 0 Å². The van der Waals surface area contributed by atoms with Gasteiger partial charge in [-0.15, -0.1) is 0 Å². The average molecular weight is 346 g/mol. The van der Waals surface area contributed by atoms with Crippen LogP contribution in [0.25, 0.3) is 0 Å². The molecule has 3 rings (SSSR count). The Balaban J connectivity index is 1.97. The molecular weight excluding hydrogens is 319 g/mol. The highest BCUT2D eigenvalue weighted by Gasteiger charge is 2.51. The number of esters is 1. The monoisotopic (exact) mass is 346 g/mol. The minimum absolute atomic E-state index is 0.352. The van der Waals surface area contributed by atoms with Crippen molar-refractivity contribution in [2.45, 2.75) is 38.9 Å². The molecule has 0 aliphatic carbocycles. The number of methoxy groups -OCH3 is 1. The number of nitrogens with zero attached hydrogens (tertiary/aromatic N) is 1. The second-order valence-corrected chi connectivity index (χ2v) is 7.63. The molecule has 2 fully saturated rings. The average Bonchev–Trinajstić information content (AvgIpc) is 2.82. The van der Waals surface area contributed by atoms with E-state index in [0.29, 0.717) is 5.56 Å². The van der Waals surface area contributed by atoms with E-state index in [-0.39, 0.29) is 5.97 Å². The van der Waals surface area contributed by atoms with Gasteiger partial charge in [-0.2, -0.15) is 0 Å². The molecule has 0 spiro atoms. The molecule has 0 radical (unpaired) electrons. The number of carbonyl (C=O) groups excluding carboxylic acids is 1. The lowest BCUT2D eigenvalue weighted by Gasteiger charge is -2.32.